The van der Waals surface area contributed by atoms with Crippen molar-refractivity contribution in [2.24, 2.45) is 17.3 Å². The molecule has 164 valence electrons. The summed E-state index contributed by atoms with van der Waals surface area (Å²) in [4.78, 5) is 13.3. The van der Waals surface area contributed by atoms with Gasteiger partial charge in [-0.3, -0.25) is 4.79 Å². The molecule has 0 bridgehead atoms. The Morgan fingerprint density at radius 3 is 2.74 bits per heavy atom. The van der Waals surface area contributed by atoms with E-state index in [4.69, 9.17) is 9.47 Å². The van der Waals surface area contributed by atoms with Crippen LogP contribution in [0.25, 0.3) is 0 Å². The van der Waals surface area contributed by atoms with Gasteiger partial charge in [-0.25, -0.2) is 0 Å². The van der Waals surface area contributed by atoms with Crippen molar-refractivity contribution in [3.8, 4) is 5.75 Å². The van der Waals surface area contributed by atoms with Gasteiger partial charge in [0, 0.05) is 19.1 Å². The van der Waals surface area contributed by atoms with Crippen LogP contribution in [0.5, 0.6) is 5.75 Å². The van der Waals surface area contributed by atoms with Crippen LogP contribution in [-0.4, -0.2) is 19.5 Å². The Kier molecular flexibility index (Phi) is 5.64. The predicted molar refractivity (Wildman–Crippen MR) is 123 cm³/mol. The summed E-state index contributed by atoms with van der Waals surface area (Å²) in [7, 11) is 1.74. The number of Topliss-reactive ketones (excluding diaryl/α,β-unsaturated/α-hetero) is 1. The average Bonchev–Trinajstić information content (AvgIpc) is 3.19. The zero-order valence-electron chi connectivity index (χ0n) is 18.9. The molecule has 0 spiro atoms. The maximum Gasteiger partial charge on any atom is 0.163 e. The van der Waals surface area contributed by atoms with E-state index >= 15 is 0 Å². The molecule has 3 nitrogen and oxygen atoms in total. The van der Waals surface area contributed by atoms with Gasteiger partial charge in [-0.2, -0.15) is 0 Å². The number of carbonyl (C=O) groups excluding carboxylic acids is 1. The molecule has 3 aliphatic rings. The summed E-state index contributed by atoms with van der Waals surface area (Å²) in [5, 5.41) is 0. The van der Waals surface area contributed by atoms with Crippen molar-refractivity contribution >= 4 is 5.78 Å². The van der Waals surface area contributed by atoms with Crippen LogP contribution < -0.4 is 4.74 Å². The molecule has 0 aromatic heterocycles. The Balaban J connectivity index is 1.48. The van der Waals surface area contributed by atoms with E-state index in [0.717, 1.165) is 23.3 Å². The van der Waals surface area contributed by atoms with Gasteiger partial charge in [-0.15, -0.1) is 0 Å². The lowest BCUT2D eigenvalue weighted by atomic mass is 9.55. The largest absolute Gasteiger partial charge is 0.489 e. The molecule has 3 heteroatoms. The zero-order chi connectivity index (χ0) is 21.4. The van der Waals surface area contributed by atoms with Gasteiger partial charge in [0.05, 0.1) is 6.61 Å². The van der Waals surface area contributed by atoms with Gasteiger partial charge < -0.3 is 9.47 Å². The SMILES string of the molecule is COCCc1cc2c(cc1OCc1ccccc1)C(=O)C[C@@H]1[C@@H]2CC[C@]2(C)CCC[C@@H]12. The van der Waals surface area contributed by atoms with Crippen LogP contribution in [0.3, 0.4) is 0 Å². The quantitative estimate of drug-likeness (QED) is 0.549. The molecule has 3 aliphatic carbocycles. The first kappa shape index (κ1) is 20.8. The van der Waals surface area contributed by atoms with Crippen LogP contribution in [0.4, 0.5) is 0 Å². The second-order valence-electron chi connectivity index (χ2n) is 10.2. The maximum atomic E-state index is 13.3. The van der Waals surface area contributed by atoms with E-state index in [2.05, 4.69) is 25.1 Å². The highest BCUT2D eigenvalue weighted by atomic mass is 16.5. The number of fused-ring (bicyclic) bond motifs is 5. The molecule has 0 N–H and O–H groups in total. The molecular formula is C28H34O3. The number of ketones is 1. The van der Waals surface area contributed by atoms with Gasteiger partial charge in [0.25, 0.3) is 0 Å². The molecule has 0 unspecified atom stereocenters. The number of hydrogen-bond donors (Lipinski definition) is 0. The highest BCUT2D eigenvalue weighted by Gasteiger charge is 2.51. The lowest BCUT2D eigenvalue weighted by molar-refractivity contribution is 0.0526. The first-order valence-electron chi connectivity index (χ1n) is 11.9. The molecule has 0 amide bonds. The molecule has 5 rings (SSSR count). The Hall–Kier alpha value is -2.13. The molecule has 4 atom stereocenters. The second-order valence-corrected chi connectivity index (χ2v) is 10.2. The Morgan fingerprint density at radius 2 is 1.94 bits per heavy atom. The summed E-state index contributed by atoms with van der Waals surface area (Å²) in [6.07, 6.45) is 8.01. The third kappa shape index (κ3) is 3.82. The van der Waals surface area contributed by atoms with Crippen LogP contribution in [0, 0.1) is 17.3 Å². The summed E-state index contributed by atoms with van der Waals surface area (Å²) < 4.78 is 11.6. The van der Waals surface area contributed by atoms with Crippen molar-refractivity contribution < 1.29 is 14.3 Å². The van der Waals surface area contributed by atoms with Crippen molar-refractivity contribution in [1.82, 2.24) is 0 Å². The summed E-state index contributed by atoms with van der Waals surface area (Å²) in [5.74, 6) is 2.91. The minimum absolute atomic E-state index is 0.315. The number of hydrogen-bond acceptors (Lipinski definition) is 3. The third-order valence-corrected chi connectivity index (χ3v) is 8.38. The van der Waals surface area contributed by atoms with Crippen molar-refractivity contribution in [3.63, 3.8) is 0 Å². The minimum Gasteiger partial charge on any atom is -0.489 e. The van der Waals surface area contributed by atoms with E-state index in [1.54, 1.807) is 7.11 Å². The molecule has 0 saturated heterocycles. The summed E-state index contributed by atoms with van der Waals surface area (Å²) in [6.45, 7) is 3.65. The maximum absolute atomic E-state index is 13.3. The van der Waals surface area contributed by atoms with E-state index in [-0.39, 0.29) is 0 Å². The van der Waals surface area contributed by atoms with Crippen molar-refractivity contribution in [1.29, 1.82) is 0 Å². The van der Waals surface area contributed by atoms with Gasteiger partial charge in [-0.1, -0.05) is 49.7 Å². The van der Waals surface area contributed by atoms with E-state index in [0.29, 0.717) is 48.6 Å². The lowest BCUT2D eigenvalue weighted by Crippen LogP contribution is -2.41. The van der Waals surface area contributed by atoms with Gasteiger partial charge in [-0.05, 0) is 78.0 Å². The fourth-order valence-electron chi connectivity index (χ4n) is 6.74. The minimum atomic E-state index is 0.315. The fourth-order valence-corrected chi connectivity index (χ4v) is 6.74. The molecule has 0 aliphatic heterocycles. The van der Waals surface area contributed by atoms with E-state index in [1.807, 2.05) is 24.3 Å². The van der Waals surface area contributed by atoms with Crippen LogP contribution >= 0.6 is 0 Å². The molecule has 2 saturated carbocycles. The first-order valence-corrected chi connectivity index (χ1v) is 11.9. The van der Waals surface area contributed by atoms with Crippen LogP contribution in [0.1, 0.15) is 78.4 Å². The molecule has 2 fully saturated rings. The zero-order valence-corrected chi connectivity index (χ0v) is 18.9. The lowest BCUT2D eigenvalue weighted by Gasteiger charge is -2.48. The van der Waals surface area contributed by atoms with E-state index in [1.165, 1.54) is 43.2 Å². The molecule has 2 aromatic carbocycles. The summed E-state index contributed by atoms with van der Waals surface area (Å²) in [6, 6.07) is 14.6. The van der Waals surface area contributed by atoms with E-state index in [9.17, 15) is 4.79 Å². The van der Waals surface area contributed by atoms with Gasteiger partial charge in [0.2, 0.25) is 0 Å². The monoisotopic (exact) mass is 418 g/mol. The Morgan fingerprint density at radius 1 is 1.10 bits per heavy atom. The Bertz CT molecular complexity index is 950. The summed E-state index contributed by atoms with van der Waals surface area (Å²) in [5.41, 5.74) is 4.96. The molecule has 2 aromatic rings. The predicted octanol–water partition coefficient (Wildman–Crippen LogP) is 6.34. The molecule has 0 radical (unpaired) electrons. The smallest absolute Gasteiger partial charge is 0.163 e. The first-order chi connectivity index (χ1) is 15.1. The van der Waals surface area contributed by atoms with Gasteiger partial charge >= 0.3 is 0 Å². The normalized spacial score (nSPS) is 29.2. The van der Waals surface area contributed by atoms with Crippen LogP contribution in [-0.2, 0) is 17.8 Å². The highest BCUT2D eigenvalue weighted by Crippen LogP contribution is 2.61. The fraction of sp³-hybridized carbons (Fsp3) is 0.536. The van der Waals surface area contributed by atoms with Crippen LogP contribution in [0.15, 0.2) is 42.5 Å². The molecule has 31 heavy (non-hydrogen) atoms. The van der Waals surface area contributed by atoms with Crippen LogP contribution in [0.2, 0.25) is 0 Å². The molecular weight excluding hydrogens is 384 g/mol. The van der Waals surface area contributed by atoms with Crippen molar-refractivity contribution in [2.45, 2.75) is 64.4 Å². The van der Waals surface area contributed by atoms with Gasteiger partial charge in [0.1, 0.15) is 12.4 Å². The third-order valence-electron chi connectivity index (χ3n) is 8.38. The van der Waals surface area contributed by atoms with Gasteiger partial charge in [0.15, 0.2) is 5.78 Å². The number of rotatable bonds is 6. The summed E-state index contributed by atoms with van der Waals surface area (Å²) >= 11 is 0. The topological polar surface area (TPSA) is 35.5 Å². The van der Waals surface area contributed by atoms with E-state index < -0.39 is 0 Å². The van der Waals surface area contributed by atoms with Crippen molar-refractivity contribution in [2.75, 3.05) is 13.7 Å². The highest BCUT2D eigenvalue weighted by molar-refractivity contribution is 5.99. The Labute approximate surface area is 186 Å². The number of carbonyl (C=O) groups is 1. The standard InChI is InChI=1S/C28H34O3/c1-28-12-6-9-25(28)23-16-26(29)24-17-27(31-18-19-7-4-3-5-8-19)20(11-14-30-2)15-22(24)21(23)10-13-28/h3-5,7-8,15,17,21,23,25H,6,9-14,16,18H2,1-2H3/t21-,23-,25+,28+/m1/s1. The number of methoxy groups -OCH3 is 1. The average molecular weight is 419 g/mol. The van der Waals surface area contributed by atoms with Crippen molar-refractivity contribution in [3.05, 3.63) is 64.7 Å². The number of benzene rings is 2. The molecule has 0 heterocycles. The number of ether oxygens (including phenoxy) is 2. The second kappa shape index (κ2) is 8.43.